The molecule has 2 N–H and O–H groups in total. The summed E-state index contributed by atoms with van der Waals surface area (Å²) in [5.41, 5.74) is 5.32. The van der Waals surface area contributed by atoms with Crippen LogP contribution in [0.5, 0.6) is 0 Å². The van der Waals surface area contributed by atoms with Gasteiger partial charge in [0.05, 0.1) is 27.0 Å². The molecule has 4 aromatic rings. The van der Waals surface area contributed by atoms with Gasteiger partial charge in [-0.15, -0.1) is 0 Å². The second kappa shape index (κ2) is 21.1. The number of aliphatic carboxylic acids is 1. The van der Waals surface area contributed by atoms with Crippen molar-refractivity contribution >= 4 is 70.6 Å². The number of hydrogen-bond donors (Lipinski definition) is 2. The van der Waals surface area contributed by atoms with E-state index in [2.05, 4.69) is 47.6 Å². The number of carboxylic acids is 1. The normalized spacial score (nSPS) is 18.0. The number of carboxylic acid groups (broad SMARTS) is 1. The second-order valence-corrected chi connectivity index (χ2v) is 20.6. The van der Waals surface area contributed by atoms with Gasteiger partial charge in [0, 0.05) is 92.5 Å². The van der Waals surface area contributed by atoms with Crippen LogP contribution in [0.4, 0.5) is 11.4 Å². The van der Waals surface area contributed by atoms with E-state index < -0.39 is 42.8 Å². The monoisotopic (exact) mass is 940 g/mol. The van der Waals surface area contributed by atoms with Gasteiger partial charge in [0.1, 0.15) is 6.54 Å². The molecule has 0 saturated carbocycles. The standard InChI is InChI=1S/C51H60N2O11S2/c1-50(2)45(52(29-13-9-12-19-47(55)56)42-26-21-36-34-38(20-24-40(36)48(42)50)44(54)16-14-31-63-4)17-10-7-6-8-11-18-46-51(3,28-15-33-65(57,58)59)49-41-25-23-39(66(60,61)62)35-37(41)22-27-43(49)53(46)30-32-64-5/h6-8,10-11,17-18,20-27,34-35H,9,12-16,19,28-33H2,1-5H3,(H2-,55,56,57,58,59,60,61,62). The number of rotatable bonds is 23. The van der Waals surface area contributed by atoms with Crippen molar-refractivity contribution in [3.8, 4) is 0 Å². The van der Waals surface area contributed by atoms with Gasteiger partial charge in [0.25, 0.3) is 10.1 Å². The lowest BCUT2D eigenvalue weighted by molar-refractivity contribution is -0.438. The minimum Gasteiger partial charge on any atom is -0.748 e. The molecule has 66 heavy (non-hydrogen) atoms. The van der Waals surface area contributed by atoms with Gasteiger partial charge in [-0.05, 0) is 116 Å². The number of unbranched alkanes of at least 4 members (excludes halogenated alkanes) is 2. The van der Waals surface area contributed by atoms with Crippen LogP contribution < -0.4 is 4.90 Å². The molecule has 2 heterocycles. The molecule has 0 fully saturated rings. The fraction of sp³-hybridized carbons (Fsp3) is 0.392. The maximum Gasteiger partial charge on any atom is 0.303 e. The summed E-state index contributed by atoms with van der Waals surface area (Å²) in [6.45, 7) is 8.45. The number of anilines is 1. The maximum atomic E-state index is 13.0. The SMILES string of the molecule is COCCCC(=O)c1ccc2c3c(ccc2c1)[N+](CCCCCC(=O)O)=C(C=CC=CC=CC=C1N(CCOC)c2ccc4cc(S(=O)(=O)O)ccc4c2C1(C)CCCS(=O)(=O)[O-])C3(C)C. The predicted molar refractivity (Wildman–Crippen MR) is 258 cm³/mol. The quantitative estimate of drug-likeness (QED) is 0.0236. The van der Waals surface area contributed by atoms with Gasteiger partial charge in [-0.1, -0.05) is 54.6 Å². The number of ether oxygens (including phenoxy) is 2. The first kappa shape index (κ1) is 50.1. The van der Waals surface area contributed by atoms with E-state index in [1.807, 2.05) is 61.6 Å². The molecular weight excluding hydrogens is 881 g/mol. The summed E-state index contributed by atoms with van der Waals surface area (Å²) in [5, 5.41) is 12.6. The summed E-state index contributed by atoms with van der Waals surface area (Å²) in [6, 6.07) is 18.2. The average Bonchev–Trinajstić information content (AvgIpc) is 3.62. The molecule has 0 radical (unpaired) electrons. The molecule has 2 aliphatic rings. The van der Waals surface area contributed by atoms with Crippen molar-refractivity contribution in [3.63, 3.8) is 0 Å². The topological polar surface area (TPSA) is 191 Å². The zero-order valence-corrected chi connectivity index (χ0v) is 39.9. The van der Waals surface area contributed by atoms with Crippen LogP contribution in [-0.4, -0.2) is 99.4 Å². The Hall–Kier alpha value is -5.29. The van der Waals surface area contributed by atoms with Crippen molar-refractivity contribution < 1.29 is 54.7 Å². The van der Waals surface area contributed by atoms with Crippen LogP contribution in [0.15, 0.2) is 114 Å². The summed E-state index contributed by atoms with van der Waals surface area (Å²) in [7, 11) is -5.72. The van der Waals surface area contributed by atoms with E-state index in [1.54, 1.807) is 26.4 Å². The van der Waals surface area contributed by atoms with E-state index in [-0.39, 0.29) is 23.5 Å². The third-order valence-electron chi connectivity index (χ3n) is 12.7. The zero-order valence-electron chi connectivity index (χ0n) is 38.3. The molecule has 0 spiro atoms. The van der Waals surface area contributed by atoms with E-state index >= 15 is 0 Å². The highest BCUT2D eigenvalue weighted by atomic mass is 32.2. The summed E-state index contributed by atoms with van der Waals surface area (Å²) < 4.78 is 82.0. The molecule has 2 aliphatic heterocycles. The Morgan fingerprint density at radius 1 is 0.773 bits per heavy atom. The Morgan fingerprint density at radius 3 is 2.17 bits per heavy atom. The van der Waals surface area contributed by atoms with Gasteiger partial charge in [-0.2, -0.15) is 13.0 Å². The number of nitrogens with zero attached hydrogens (tertiary/aromatic N) is 2. The number of carbonyl (C=O) groups excluding carboxylic acids is 1. The van der Waals surface area contributed by atoms with Crippen LogP contribution in [0.25, 0.3) is 21.5 Å². The summed E-state index contributed by atoms with van der Waals surface area (Å²) in [5.74, 6) is -1.26. The van der Waals surface area contributed by atoms with Gasteiger partial charge >= 0.3 is 5.97 Å². The molecule has 13 nitrogen and oxygen atoms in total. The van der Waals surface area contributed by atoms with E-state index in [1.165, 1.54) is 12.1 Å². The molecule has 0 amide bonds. The van der Waals surface area contributed by atoms with Crippen LogP contribution in [0.2, 0.25) is 0 Å². The van der Waals surface area contributed by atoms with Crippen molar-refractivity contribution in [3.05, 3.63) is 126 Å². The van der Waals surface area contributed by atoms with Crippen LogP contribution in [0.1, 0.15) is 93.6 Å². The predicted octanol–water partition coefficient (Wildman–Crippen LogP) is 9.17. The minimum atomic E-state index is -4.49. The van der Waals surface area contributed by atoms with Gasteiger partial charge in [0.2, 0.25) is 5.69 Å². The molecule has 6 rings (SSSR count). The molecule has 15 heteroatoms. The number of ketones is 1. The number of benzene rings is 4. The van der Waals surface area contributed by atoms with Crippen molar-refractivity contribution in [2.45, 2.75) is 87.9 Å². The molecule has 4 aromatic carbocycles. The molecule has 0 bridgehead atoms. The van der Waals surface area contributed by atoms with E-state index in [0.29, 0.717) is 62.9 Å². The van der Waals surface area contributed by atoms with Gasteiger partial charge in [-0.25, -0.2) is 8.42 Å². The number of methoxy groups -OCH3 is 2. The molecular formula is C51H60N2O11S2. The van der Waals surface area contributed by atoms with Crippen LogP contribution in [0.3, 0.4) is 0 Å². The van der Waals surface area contributed by atoms with Crippen molar-refractivity contribution in [2.24, 2.45) is 0 Å². The Bertz CT molecular complexity index is 2880. The number of hydrogen-bond acceptors (Lipinski definition) is 10. The first-order chi connectivity index (χ1) is 31.3. The average molecular weight is 941 g/mol. The highest BCUT2D eigenvalue weighted by Crippen LogP contribution is 2.53. The van der Waals surface area contributed by atoms with Crippen LogP contribution in [-0.2, 0) is 45.3 Å². The Labute approximate surface area is 388 Å². The fourth-order valence-corrected chi connectivity index (χ4v) is 10.6. The van der Waals surface area contributed by atoms with Gasteiger partial charge in [0.15, 0.2) is 11.5 Å². The van der Waals surface area contributed by atoms with Crippen LogP contribution in [0, 0.1) is 0 Å². The zero-order chi connectivity index (χ0) is 47.9. The second-order valence-electron chi connectivity index (χ2n) is 17.6. The highest BCUT2D eigenvalue weighted by Gasteiger charge is 2.46. The molecule has 1 atom stereocenters. The van der Waals surface area contributed by atoms with E-state index in [4.69, 9.17) is 9.47 Å². The number of carbonyl (C=O) groups is 2. The van der Waals surface area contributed by atoms with Crippen molar-refractivity contribution in [1.29, 1.82) is 0 Å². The minimum absolute atomic E-state index is 0.0795. The van der Waals surface area contributed by atoms with Crippen molar-refractivity contribution in [1.82, 2.24) is 0 Å². The fourth-order valence-electron chi connectivity index (χ4n) is 9.61. The van der Waals surface area contributed by atoms with E-state index in [0.717, 1.165) is 62.9 Å². The first-order valence-corrected chi connectivity index (χ1v) is 25.3. The summed E-state index contributed by atoms with van der Waals surface area (Å²) in [6.07, 6.45) is 17.5. The lowest BCUT2D eigenvalue weighted by Crippen LogP contribution is -2.31. The van der Waals surface area contributed by atoms with Crippen molar-refractivity contribution in [2.75, 3.05) is 51.2 Å². The number of Topliss-reactive ketones (excluding diaryl/α,β-unsaturated/α-hetero) is 1. The molecule has 0 saturated heterocycles. The molecule has 1 unspecified atom stereocenters. The number of fused-ring (bicyclic) bond motifs is 6. The lowest BCUT2D eigenvalue weighted by atomic mass is 9.76. The molecule has 0 aliphatic carbocycles. The van der Waals surface area contributed by atoms with Gasteiger partial charge in [-0.3, -0.25) is 14.1 Å². The molecule has 0 aromatic heterocycles. The van der Waals surface area contributed by atoms with Crippen LogP contribution >= 0.6 is 0 Å². The Kier molecular flexibility index (Phi) is 16.0. The first-order valence-electron chi connectivity index (χ1n) is 22.2. The molecule has 352 valence electrons. The lowest BCUT2D eigenvalue weighted by Gasteiger charge is -2.31. The van der Waals surface area contributed by atoms with E-state index in [9.17, 15) is 40.6 Å². The third kappa shape index (κ3) is 11.3. The highest BCUT2D eigenvalue weighted by molar-refractivity contribution is 7.86. The summed E-state index contributed by atoms with van der Waals surface area (Å²) >= 11 is 0. The third-order valence-corrected chi connectivity index (χ3v) is 14.3. The number of allylic oxidation sites excluding steroid dienone is 8. The smallest absolute Gasteiger partial charge is 0.303 e. The maximum absolute atomic E-state index is 13.0. The Balaban J connectivity index is 1.32. The summed E-state index contributed by atoms with van der Waals surface area (Å²) in [4.78, 5) is 26.1. The van der Waals surface area contributed by atoms with Gasteiger partial charge < -0.3 is 24.0 Å². The Morgan fingerprint density at radius 2 is 1.45 bits per heavy atom. The largest absolute Gasteiger partial charge is 0.748 e.